The molecule has 0 saturated carbocycles. The molecule has 1 heterocycles. The molecule has 1 unspecified atom stereocenters. The Morgan fingerprint density at radius 3 is 2.33 bits per heavy atom. The topological polar surface area (TPSA) is 57.6 Å². The van der Waals surface area contributed by atoms with Gasteiger partial charge in [0.1, 0.15) is 6.04 Å². The summed E-state index contributed by atoms with van der Waals surface area (Å²) in [5.41, 5.74) is 0. The molecule has 0 bridgehead atoms. The standard InChI is InChI=1S/C8H10Cl3NO3/c9-8(10,11)7(15)12-4-2-1-3-5(12)6(13)14/h5H,1-4H2,(H,13,14). The van der Waals surface area contributed by atoms with Gasteiger partial charge in [0, 0.05) is 6.54 Å². The maximum Gasteiger partial charge on any atom is 0.326 e. The Morgan fingerprint density at radius 2 is 1.87 bits per heavy atom. The second-order valence-corrected chi connectivity index (χ2v) is 5.63. The molecule has 1 aliphatic rings. The zero-order valence-electron chi connectivity index (χ0n) is 7.75. The lowest BCUT2D eigenvalue weighted by Gasteiger charge is -2.34. The van der Waals surface area contributed by atoms with Gasteiger partial charge in [-0.15, -0.1) is 0 Å². The molecule has 4 nitrogen and oxygen atoms in total. The molecule has 7 heteroatoms. The third kappa shape index (κ3) is 3.13. The van der Waals surface area contributed by atoms with Crippen LogP contribution in [0.4, 0.5) is 0 Å². The van der Waals surface area contributed by atoms with Gasteiger partial charge in [-0.2, -0.15) is 0 Å². The Bertz CT molecular complexity index is 277. The Balaban J connectivity index is 2.81. The van der Waals surface area contributed by atoms with Gasteiger partial charge in [0.05, 0.1) is 0 Å². The fraction of sp³-hybridized carbons (Fsp3) is 0.750. The zero-order valence-corrected chi connectivity index (χ0v) is 10.0. The number of carbonyl (C=O) groups excluding carboxylic acids is 1. The molecule has 1 N–H and O–H groups in total. The summed E-state index contributed by atoms with van der Waals surface area (Å²) in [7, 11) is 0. The number of halogens is 3. The van der Waals surface area contributed by atoms with Crippen LogP contribution in [0.25, 0.3) is 0 Å². The Morgan fingerprint density at radius 1 is 1.27 bits per heavy atom. The summed E-state index contributed by atoms with van der Waals surface area (Å²) in [4.78, 5) is 23.6. The molecule has 15 heavy (non-hydrogen) atoms. The Labute approximate surface area is 102 Å². The summed E-state index contributed by atoms with van der Waals surface area (Å²) < 4.78 is -2.08. The van der Waals surface area contributed by atoms with Gasteiger partial charge < -0.3 is 10.0 Å². The first-order valence-electron chi connectivity index (χ1n) is 4.44. The predicted octanol–water partition coefficient (Wildman–Crippen LogP) is 1.82. The highest BCUT2D eigenvalue weighted by Gasteiger charge is 2.41. The van der Waals surface area contributed by atoms with Gasteiger partial charge in [0.25, 0.3) is 9.70 Å². The maximum atomic E-state index is 11.6. The molecule has 1 rings (SSSR count). The van der Waals surface area contributed by atoms with Gasteiger partial charge >= 0.3 is 5.97 Å². The van der Waals surface area contributed by atoms with Gasteiger partial charge in [-0.1, -0.05) is 34.8 Å². The van der Waals surface area contributed by atoms with E-state index in [9.17, 15) is 9.59 Å². The lowest BCUT2D eigenvalue weighted by Crippen LogP contribution is -2.51. The van der Waals surface area contributed by atoms with Crippen LogP contribution in [0, 0.1) is 0 Å². The fourth-order valence-corrected chi connectivity index (χ4v) is 1.92. The largest absolute Gasteiger partial charge is 0.480 e. The highest BCUT2D eigenvalue weighted by molar-refractivity contribution is 6.76. The monoisotopic (exact) mass is 273 g/mol. The number of piperidine rings is 1. The van der Waals surface area contributed by atoms with Crippen molar-refractivity contribution in [2.75, 3.05) is 6.54 Å². The van der Waals surface area contributed by atoms with E-state index in [1.165, 1.54) is 0 Å². The molecule has 1 fully saturated rings. The van der Waals surface area contributed by atoms with Crippen molar-refractivity contribution >= 4 is 46.7 Å². The molecule has 0 aliphatic carbocycles. The molecule has 0 spiro atoms. The Kier molecular flexibility index (Phi) is 4.09. The van der Waals surface area contributed by atoms with Crippen LogP contribution in [-0.4, -0.2) is 38.3 Å². The smallest absolute Gasteiger partial charge is 0.326 e. The average Bonchev–Trinajstić information content (AvgIpc) is 2.15. The lowest BCUT2D eigenvalue weighted by molar-refractivity contribution is -0.151. The first-order chi connectivity index (χ1) is 6.84. The summed E-state index contributed by atoms with van der Waals surface area (Å²) in [6.45, 7) is 0.323. The van der Waals surface area contributed by atoms with Crippen LogP contribution in [0.3, 0.4) is 0 Å². The number of likely N-dealkylation sites (tertiary alicyclic amines) is 1. The highest BCUT2D eigenvalue weighted by atomic mass is 35.6. The SMILES string of the molecule is O=C(O)C1CCCCN1C(=O)C(Cl)(Cl)Cl. The molecule has 0 aromatic rings. The maximum absolute atomic E-state index is 11.6. The van der Waals surface area contributed by atoms with Crippen molar-refractivity contribution in [3.8, 4) is 0 Å². The van der Waals surface area contributed by atoms with Crippen LogP contribution < -0.4 is 0 Å². The number of amides is 1. The molecule has 1 saturated heterocycles. The van der Waals surface area contributed by atoms with Crippen molar-refractivity contribution in [1.29, 1.82) is 0 Å². The van der Waals surface area contributed by atoms with Crippen molar-refractivity contribution < 1.29 is 14.7 Å². The zero-order chi connectivity index (χ0) is 11.6. The van der Waals surface area contributed by atoms with E-state index >= 15 is 0 Å². The van der Waals surface area contributed by atoms with Crippen LogP contribution in [0.1, 0.15) is 19.3 Å². The van der Waals surface area contributed by atoms with E-state index < -0.39 is 21.7 Å². The molecule has 1 aliphatic heterocycles. The summed E-state index contributed by atoms with van der Waals surface area (Å²) in [6.07, 6.45) is 1.90. The number of hydrogen-bond donors (Lipinski definition) is 1. The molecule has 0 aromatic heterocycles. The van der Waals surface area contributed by atoms with Gasteiger partial charge in [0.15, 0.2) is 0 Å². The molecule has 1 atom stereocenters. The third-order valence-electron chi connectivity index (χ3n) is 2.29. The van der Waals surface area contributed by atoms with Gasteiger partial charge in [-0.25, -0.2) is 4.79 Å². The van der Waals surface area contributed by atoms with E-state index in [1.54, 1.807) is 0 Å². The summed E-state index contributed by atoms with van der Waals surface area (Å²) in [5, 5.41) is 8.90. The minimum Gasteiger partial charge on any atom is -0.480 e. The summed E-state index contributed by atoms with van der Waals surface area (Å²) in [6, 6.07) is -0.873. The van der Waals surface area contributed by atoms with Gasteiger partial charge in [0.2, 0.25) is 0 Å². The number of carboxylic acid groups (broad SMARTS) is 1. The van der Waals surface area contributed by atoms with Crippen molar-refractivity contribution in [2.24, 2.45) is 0 Å². The van der Waals surface area contributed by atoms with E-state index in [-0.39, 0.29) is 0 Å². The Hall–Kier alpha value is -0.190. The number of alkyl halides is 3. The number of aliphatic carboxylic acids is 1. The van der Waals surface area contributed by atoms with Crippen LogP contribution in [0.5, 0.6) is 0 Å². The molecule has 86 valence electrons. The number of nitrogens with zero attached hydrogens (tertiary/aromatic N) is 1. The van der Waals surface area contributed by atoms with E-state index in [0.717, 1.165) is 17.7 Å². The fourth-order valence-electron chi connectivity index (χ4n) is 1.59. The molecule has 1 amide bonds. The van der Waals surface area contributed by atoms with Crippen LogP contribution in [0.15, 0.2) is 0 Å². The first kappa shape index (κ1) is 12.9. The second kappa shape index (κ2) is 4.76. The quantitative estimate of drug-likeness (QED) is 0.742. The molecule has 0 aromatic carbocycles. The van der Waals surface area contributed by atoms with Crippen molar-refractivity contribution in [3.05, 3.63) is 0 Å². The molecular formula is C8H10Cl3NO3. The third-order valence-corrected chi connectivity index (χ3v) is 2.78. The normalized spacial score (nSPS) is 22.6. The van der Waals surface area contributed by atoms with Gasteiger partial charge in [-0.3, -0.25) is 4.79 Å². The minimum absolute atomic E-state index is 0.323. The van der Waals surface area contributed by atoms with Crippen LogP contribution in [0.2, 0.25) is 0 Å². The average molecular weight is 275 g/mol. The van der Waals surface area contributed by atoms with Crippen LogP contribution in [-0.2, 0) is 9.59 Å². The molecular weight excluding hydrogens is 264 g/mol. The minimum atomic E-state index is -2.08. The highest BCUT2D eigenvalue weighted by Crippen LogP contribution is 2.31. The first-order valence-corrected chi connectivity index (χ1v) is 5.58. The molecule has 0 radical (unpaired) electrons. The number of rotatable bonds is 1. The van der Waals surface area contributed by atoms with Gasteiger partial charge in [-0.05, 0) is 19.3 Å². The van der Waals surface area contributed by atoms with E-state index in [0.29, 0.717) is 13.0 Å². The number of hydrogen-bond acceptors (Lipinski definition) is 2. The summed E-state index contributed by atoms with van der Waals surface area (Å²) in [5.74, 6) is -1.82. The summed E-state index contributed by atoms with van der Waals surface area (Å²) >= 11 is 16.3. The van der Waals surface area contributed by atoms with Crippen molar-refractivity contribution in [1.82, 2.24) is 4.90 Å². The van der Waals surface area contributed by atoms with E-state index in [2.05, 4.69) is 0 Å². The predicted molar refractivity (Wildman–Crippen MR) is 57.3 cm³/mol. The lowest BCUT2D eigenvalue weighted by atomic mass is 10.0. The van der Waals surface area contributed by atoms with Crippen molar-refractivity contribution in [2.45, 2.75) is 29.1 Å². The van der Waals surface area contributed by atoms with Crippen molar-refractivity contribution in [3.63, 3.8) is 0 Å². The number of carboxylic acids is 1. The van der Waals surface area contributed by atoms with E-state index in [4.69, 9.17) is 39.9 Å². The second-order valence-electron chi connectivity index (χ2n) is 3.35. The van der Waals surface area contributed by atoms with E-state index in [1.807, 2.05) is 0 Å². The van der Waals surface area contributed by atoms with Crippen LogP contribution >= 0.6 is 34.8 Å². The number of carbonyl (C=O) groups is 2.